The highest BCUT2D eigenvalue weighted by atomic mass is 31.1. The van der Waals surface area contributed by atoms with Crippen molar-refractivity contribution in [1.29, 1.82) is 0 Å². The van der Waals surface area contributed by atoms with Gasteiger partial charge in [0.2, 0.25) is 8.03 Å². The summed E-state index contributed by atoms with van der Waals surface area (Å²) in [6, 6.07) is 0. The minimum absolute atomic E-state index is 0.278. The molecule has 1 aliphatic carbocycles. The van der Waals surface area contributed by atoms with Gasteiger partial charge in [0, 0.05) is 11.5 Å². The highest BCUT2D eigenvalue weighted by Gasteiger charge is 2.46. The lowest BCUT2D eigenvalue weighted by atomic mass is 10.2. The Morgan fingerprint density at radius 1 is 1.82 bits per heavy atom. The van der Waals surface area contributed by atoms with Crippen LogP contribution >= 0.6 is 8.03 Å². The molecule has 0 aromatic carbocycles. The summed E-state index contributed by atoms with van der Waals surface area (Å²) in [6.07, 6.45) is 4.22. The van der Waals surface area contributed by atoms with Gasteiger partial charge in [0.25, 0.3) is 0 Å². The van der Waals surface area contributed by atoms with Crippen molar-refractivity contribution in [3.8, 4) is 0 Å². The summed E-state index contributed by atoms with van der Waals surface area (Å²) in [5.74, 6) is 1.55. The standard InChI is InChI=1S/C7H12NO2P/c1-2-6-5-7(6,8)3-4-11(9)10/h2-4,6,11H,1,5,8H2,(H,9,10)/t6-,7-/m0/s1. The predicted octanol–water partition coefficient (Wildman–Crippen LogP) is 0.870. The maximum Gasteiger partial charge on any atom is 0.210 e. The molecule has 11 heavy (non-hydrogen) atoms. The first-order valence-corrected chi connectivity index (χ1v) is 4.85. The van der Waals surface area contributed by atoms with E-state index in [2.05, 4.69) is 6.58 Å². The van der Waals surface area contributed by atoms with Gasteiger partial charge >= 0.3 is 0 Å². The highest BCUT2D eigenvalue weighted by molar-refractivity contribution is 7.41. The van der Waals surface area contributed by atoms with Crippen LogP contribution in [0.1, 0.15) is 6.42 Å². The monoisotopic (exact) mass is 173 g/mol. The summed E-state index contributed by atoms with van der Waals surface area (Å²) in [7, 11) is -2.50. The third-order valence-corrected chi connectivity index (χ3v) is 2.38. The SMILES string of the molecule is C=C[C@H]1C[C@@]1(N)C=C[PH](=O)O. The largest absolute Gasteiger partial charge is 0.344 e. The molecule has 0 amide bonds. The van der Waals surface area contributed by atoms with Crippen molar-refractivity contribution >= 4 is 8.03 Å². The van der Waals surface area contributed by atoms with Gasteiger partial charge in [0.1, 0.15) is 0 Å². The van der Waals surface area contributed by atoms with Crippen molar-refractivity contribution in [2.24, 2.45) is 11.7 Å². The van der Waals surface area contributed by atoms with Gasteiger partial charge in [-0.25, -0.2) is 0 Å². The van der Waals surface area contributed by atoms with Crippen LogP contribution in [0.3, 0.4) is 0 Å². The van der Waals surface area contributed by atoms with Crippen LogP contribution < -0.4 is 5.73 Å². The van der Waals surface area contributed by atoms with Gasteiger partial charge < -0.3 is 10.6 Å². The van der Waals surface area contributed by atoms with E-state index in [1.54, 1.807) is 12.2 Å². The second-order valence-electron chi connectivity index (χ2n) is 2.83. The van der Waals surface area contributed by atoms with Crippen molar-refractivity contribution < 1.29 is 9.46 Å². The van der Waals surface area contributed by atoms with Gasteiger partial charge in [-0.1, -0.05) is 12.2 Å². The van der Waals surface area contributed by atoms with Crippen molar-refractivity contribution in [2.75, 3.05) is 0 Å². The summed E-state index contributed by atoms with van der Waals surface area (Å²) < 4.78 is 10.3. The summed E-state index contributed by atoms with van der Waals surface area (Å²) >= 11 is 0. The number of rotatable bonds is 3. The van der Waals surface area contributed by atoms with E-state index >= 15 is 0 Å². The van der Waals surface area contributed by atoms with Gasteiger partial charge in [0.05, 0.1) is 0 Å². The molecule has 0 spiro atoms. The van der Waals surface area contributed by atoms with E-state index in [9.17, 15) is 4.57 Å². The zero-order chi connectivity index (χ0) is 8.48. The molecule has 0 saturated heterocycles. The van der Waals surface area contributed by atoms with Crippen LogP contribution in [0.4, 0.5) is 0 Å². The summed E-state index contributed by atoms with van der Waals surface area (Å²) in [6.45, 7) is 3.60. The predicted molar refractivity (Wildman–Crippen MR) is 45.6 cm³/mol. The number of hydrogen-bond donors (Lipinski definition) is 2. The van der Waals surface area contributed by atoms with Crippen molar-refractivity contribution in [2.45, 2.75) is 12.0 Å². The molecule has 4 heteroatoms. The molecule has 1 unspecified atom stereocenters. The fourth-order valence-electron chi connectivity index (χ4n) is 1.04. The molecule has 62 valence electrons. The van der Waals surface area contributed by atoms with Crippen molar-refractivity contribution in [3.63, 3.8) is 0 Å². The summed E-state index contributed by atoms with van der Waals surface area (Å²) in [5, 5.41) is 0. The van der Waals surface area contributed by atoms with E-state index in [0.717, 1.165) is 6.42 Å². The molecule has 0 aromatic rings. The molecule has 1 saturated carbocycles. The molecule has 3 nitrogen and oxygen atoms in total. The Bertz CT molecular complexity index is 226. The van der Waals surface area contributed by atoms with E-state index in [4.69, 9.17) is 10.6 Å². The van der Waals surface area contributed by atoms with Crippen LogP contribution in [0.5, 0.6) is 0 Å². The lowest BCUT2D eigenvalue weighted by Crippen LogP contribution is -2.20. The minimum atomic E-state index is -2.50. The lowest BCUT2D eigenvalue weighted by Gasteiger charge is -1.99. The van der Waals surface area contributed by atoms with Gasteiger partial charge in [-0.3, -0.25) is 4.57 Å². The molecule has 0 bridgehead atoms. The molecule has 1 fully saturated rings. The minimum Gasteiger partial charge on any atom is -0.344 e. The Hall–Kier alpha value is -0.370. The molecular formula is C7H12NO2P. The maximum absolute atomic E-state index is 10.3. The number of hydrogen-bond acceptors (Lipinski definition) is 2. The van der Waals surface area contributed by atoms with E-state index in [1.807, 2.05) is 0 Å². The Morgan fingerprint density at radius 3 is 2.82 bits per heavy atom. The average Bonchev–Trinajstić information content (AvgIpc) is 2.59. The van der Waals surface area contributed by atoms with E-state index in [0.29, 0.717) is 0 Å². The molecule has 3 N–H and O–H groups in total. The third kappa shape index (κ3) is 2.03. The molecule has 0 aromatic heterocycles. The zero-order valence-electron chi connectivity index (χ0n) is 6.16. The van der Waals surface area contributed by atoms with E-state index in [1.165, 1.54) is 5.82 Å². The molecule has 1 aliphatic rings. The summed E-state index contributed by atoms with van der Waals surface area (Å²) in [5.41, 5.74) is 5.37. The fraction of sp³-hybridized carbons (Fsp3) is 0.429. The third-order valence-electron chi connectivity index (χ3n) is 1.92. The fourth-order valence-corrected chi connectivity index (χ4v) is 1.50. The van der Waals surface area contributed by atoms with E-state index < -0.39 is 8.03 Å². The second kappa shape index (κ2) is 2.94. The first-order valence-electron chi connectivity index (χ1n) is 3.42. The topological polar surface area (TPSA) is 63.3 Å². The zero-order valence-corrected chi connectivity index (χ0v) is 7.16. The molecule has 3 atom stereocenters. The first kappa shape index (κ1) is 8.72. The van der Waals surface area contributed by atoms with Crippen molar-refractivity contribution in [1.82, 2.24) is 0 Å². The highest BCUT2D eigenvalue weighted by Crippen LogP contribution is 2.43. The Morgan fingerprint density at radius 2 is 2.45 bits per heavy atom. The summed E-state index contributed by atoms with van der Waals surface area (Å²) in [4.78, 5) is 8.48. The van der Waals surface area contributed by atoms with Crippen molar-refractivity contribution in [3.05, 3.63) is 24.5 Å². The smallest absolute Gasteiger partial charge is 0.210 e. The van der Waals surface area contributed by atoms with Gasteiger partial charge in [-0.15, -0.1) is 6.58 Å². The molecule has 0 heterocycles. The number of nitrogens with two attached hydrogens (primary N) is 1. The Kier molecular flexibility index (Phi) is 2.33. The quantitative estimate of drug-likeness (QED) is 0.491. The molecule has 1 rings (SSSR count). The van der Waals surface area contributed by atoms with Crippen LogP contribution in [-0.4, -0.2) is 10.4 Å². The van der Waals surface area contributed by atoms with Crippen LogP contribution in [0.15, 0.2) is 24.5 Å². The van der Waals surface area contributed by atoms with Gasteiger partial charge in [-0.05, 0) is 12.2 Å². The van der Waals surface area contributed by atoms with Crippen LogP contribution in [-0.2, 0) is 4.57 Å². The molecular weight excluding hydrogens is 161 g/mol. The van der Waals surface area contributed by atoms with Gasteiger partial charge in [0.15, 0.2) is 0 Å². The maximum atomic E-state index is 10.3. The van der Waals surface area contributed by atoms with Crippen LogP contribution in [0, 0.1) is 5.92 Å². The molecule has 0 radical (unpaired) electrons. The first-order chi connectivity index (χ1) is 5.08. The Labute approximate surface area is 66.5 Å². The lowest BCUT2D eigenvalue weighted by molar-refractivity contribution is 0.512. The second-order valence-corrected chi connectivity index (χ2v) is 3.84. The van der Waals surface area contributed by atoms with Crippen LogP contribution in [0.25, 0.3) is 0 Å². The van der Waals surface area contributed by atoms with Gasteiger partial charge in [-0.2, -0.15) is 0 Å². The molecule has 0 aliphatic heterocycles. The van der Waals surface area contributed by atoms with E-state index in [-0.39, 0.29) is 11.5 Å². The van der Waals surface area contributed by atoms with Crippen LogP contribution in [0.2, 0.25) is 0 Å². The normalized spacial score (nSPS) is 38.9. The Balaban J connectivity index is 2.51. The average molecular weight is 173 g/mol.